The summed E-state index contributed by atoms with van der Waals surface area (Å²) < 4.78 is 5.39. The molecule has 4 aromatic rings. The van der Waals surface area contributed by atoms with E-state index in [1.165, 1.54) is 0 Å². The molecule has 4 rings (SSSR count). The zero-order chi connectivity index (χ0) is 18.8. The molecule has 1 atom stereocenters. The van der Waals surface area contributed by atoms with Gasteiger partial charge in [0.1, 0.15) is 5.58 Å². The van der Waals surface area contributed by atoms with Crippen molar-refractivity contribution in [2.24, 2.45) is 0 Å². The maximum atomic E-state index is 12.9. The Kier molecular flexibility index (Phi) is 4.84. The standard InChI is InChI=1S/C21H14Cl2N2O2/c22-16-5-3-14(4-6-16)20(18-8-7-17(23)12-24-18)25-21(26)15-2-1-13-9-10-27-19(13)11-15/h1-12,20H,(H,25,26)/t20-/m0/s1. The first-order valence-corrected chi connectivity index (χ1v) is 9.01. The van der Waals surface area contributed by atoms with Gasteiger partial charge in [0, 0.05) is 22.2 Å². The predicted octanol–water partition coefficient (Wildman–Crippen LogP) is 5.65. The fourth-order valence-corrected chi connectivity index (χ4v) is 3.09. The van der Waals surface area contributed by atoms with E-state index in [2.05, 4.69) is 10.3 Å². The van der Waals surface area contributed by atoms with E-state index in [1.807, 2.05) is 24.3 Å². The predicted molar refractivity (Wildman–Crippen MR) is 106 cm³/mol. The second kappa shape index (κ2) is 7.43. The van der Waals surface area contributed by atoms with Gasteiger partial charge in [-0.25, -0.2) is 0 Å². The number of hydrogen-bond acceptors (Lipinski definition) is 3. The third-order valence-corrected chi connectivity index (χ3v) is 4.72. The van der Waals surface area contributed by atoms with E-state index in [1.54, 1.807) is 48.9 Å². The van der Waals surface area contributed by atoms with Crippen LogP contribution in [0.15, 0.2) is 77.5 Å². The second-order valence-corrected chi connectivity index (χ2v) is 6.91. The van der Waals surface area contributed by atoms with E-state index in [0.717, 1.165) is 10.9 Å². The fraction of sp³-hybridized carbons (Fsp3) is 0.0476. The van der Waals surface area contributed by atoms with Gasteiger partial charge in [0.15, 0.2) is 0 Å². The molecule has 0 fully saturated rings. The minimum atomic E-state index is -0.445. The van der Waals surface area contributed by atoms with Gasteiger partial charge in [-0.05, 0) is 48.0 Å². The summed E-state index contributed by atoms with van der Waals surface area (Å²) in [7, 11) is 0. The number of hydrogen-bond donors (Lipinski definition) is 1. The number of amides is 1. The highest BCUT2D eigenvalue weighted by molar-refractivity contribution is 6.30. The first-order valence-electron chi connectivity index (χ1n) is 8.25. The molecule has 0 radical (unpaired) electrons. The quantitative estimate of drug-likeness (QED) is 0.484. The molecule has 6 heteroatoms. The van der Waals surface area contributed by atoms with Gasteiger partial charge >= 0.3 is 0 Å². The normalized spacial score (nSPS) is 12.1. The van der Waals surface area contributed by atoms with Crippen LogP contribution in [0.1, 0.15) is 27.7 Å². The lowest BCUT2D eigenvalue weighted by molar-refractivity contribution is 0.0942. The number of carbonyl (C=O) groups is 1. The Bertz CT molecular complexity index is 1040. The molecular weight excluding hydrogens is 383 g/mol. The molecule has 2 aromatic heterocycles. The third-order valence-electron chi connectivity index (χ3n) is 4.24. The van der Waals surface area contributed by atoms with E-state index in [4.69, 9.17) is 27.6 Å². The number of nitrogens with one attached hydrogen (secondary N) is 1. The Morgan fingerprint density at radius 2 is 1.74 bits per heavy atom. The molecule has 0 saturated carbocycles. The molecule has 1 N–H and O–H groups in total. The molecule has 0 unspecified atom stereocenters. The minimum Gasteiger partial charge on any atom is -0.464 e. The molecular formula is C21H14Cl2N2O2. The Hall–Kier alpha value is -2.82. The van der Waals surface area contributed by atoms with Crippen LogP contribution < -0.4 is 5.32 Å². The molecule has 0 bridgehead atoms. The zero-order valence-electron chi connectivity index (χ0n) is 14.0. The monoisotopic (exact) mass is 396 g/mol. The summed E-state index contributed by atoms with van der Waals surface area (Å²) in [6.45, 7) is 0. The Labute approximate surface area is 165 Å². The molecule has 0 aliphatic heterocycles. The number of pyridine rings is 1. The number of furan rings is 1. The van der Waals surface area contributed by atoms with Crippen LogP contribution in [0.25, 0.3) is 11.0 Å². The van der Waals surface area contributed by atoms with Crippen molar-refractivity contribution in [1.82, 2.24) is 10.3 Å². The summed E-state index contributed by atoms with van der Waals surface area (Å²) in [5.74, 6) is -0.231. The summed E-state index contributed by atoms with van der Waals surface area (Å²) in [5, 5.41) is 5.13. The van der Waals surface area contributed by atoms with Crippen molar-refractivity contribution in [3.05, 3.63) is 100.0 Å². The van der Waals surface area contributed by atoms with Gasteiger partial charge in [-0.2, -0.15) is 0 Å². The SMILES string of the molecule is O=C(N[C@@H](c1ccc(Cl)cc1)c1ccc(Cl)cn1)c1ccc2ccoc2c1. The van der Waals surface area contributed by atoms with Crippen molar-refractivity contribution in [3.63, 3.8) is 0 Å². The van der Waals surface area contributed by atoms with Crippen molar-refractivity contribution in [1.29, 1.82) is 0 Å². The summed E-state index contributed by atoms with van der Waals surface area (Å²) in [6, 6.07) is 17.6. The van der Waals surface area contributed by atoms with Crippen molar-refractivity contribution in [3.8, 4) is 0 Å². The Morgan fingerprint density at radius 3 is 2.48 bits per heavy atom. The van der Waals surface area contributed by atoms with Crippen LogP contribution in [-0.4, -0.2) is 10.9 Å². The fourth-order valence-electron chi connectivity index (χ4n) is 2.85. The number of rotatable bonds is 4. The highest BCUT2D eigenvalue weighted by atomic mass is 35.5. The molecule has 0 aliphatic carbocycles. The van der Waals surface area contributed by atoms with E-state index in [9.17, 15) is 4.79 Å². The average molecular weight is 397 g/mol. The Balaban J connectivity index is 1.68. The van der Waals surface area contributed by atoms with Gasteiger partial charge in [-0.15, -0.1) is 0 Å². The van der Waals surface area contributed by atoms with Crippen molar-refractivity contribution in [2.75, 3.05) is 0 Å². The smallest absolute Gasteiger partial charge is 0.252 e. The summed E-state index contributed by atoms with van der Waals surface area (Å²) in [5.41, 5.74) is 2.71. The Morgan fingerprint density at radius 1 is 0.963 bits per heavy atom. The van der Waals surface area contributed by atoms with Crippen molar-refractivity contribution in [2.45, 2.75) is 6.04 Å². The van der Waals surface area contributed by atoms with Crippen LogP contribution in [0, 0.1) is 0 Å². The molecule has 0 aliphatic rings. The number of carbonyl (C=O) groups excluding carboxylic acids is 1. The zero-order valence-corrected chi connectivity index (χ0v) is 15.5. The van der Waals surface area contributed by atoms with Gasteiger partial charge in [-0.3, -0.25) is 9.78 Å². The van der Waals surface area contributed by atoms with E-state index >= 15 is 0 Å². The van der Waals surface area contributed by atoms with Crippen LogP contribution in [0.5, 0.6) is 0 Å². The first-order chi connectivity index (χ1) is 13.1. The number of benzene rings is 2. The van der Waals surface area contributed by atoms with Crippen LogP contribution >= 0.6 is 23.2 Å². The molecule has 134 valence electrons. The van der Waals surface area contributed by atoms with Gasteiger partial charge in [0.2, 0.25) is 0 Å². The second-order valence-electron chi connectivity index (χ2n) is 6.03. The molecule has 2 heterocycles. The lowest BCUT2D eigenvalue weighted by Gasteiger charge is -2.19. The van der Waals surface area contributed by atoms with Gasteiger partial charge in [0.05, 0.1) is 23.0 Å². The molecule has 1 amide bonds. The van der Waals surface area contributed by atoms with Crippen LogP contribution in [0.4, 0.5) is 0 Å². The van der Waals surface area contributed by atoms with Crippen LogP contribution in [-0.2, 0) is 0 Å². The number of fused-ring (bicyclic) bond motifs is 1. The highest BCUT2D eigenvalue weighted by Gasteiger charge is 2.19. The molecule has 4 nitrogen and oxygen atoms in total. The molecule has 27 heavy (non-hydrogen) atoms. The summed E-state index contributed by atoms with van der Waals surface area (Å²) in [4.78, 5) is 17.2. The van der Waals surface area contributed by atoms with Crippen molar-refractivity contribution < 1.29 is 9.21 Å². The van der Waals surface area contributed by atoms with Crippen LogP contribution in [0.2, 0.25) is 10.0 Å². The topological polar surface area (TPSA) is 55.1 Å². The summed E-state index contributed by atoms with van der Waals surface area (Å²) >= 11 is 12.0. The van der Waals surface area contributed by atoms with Crippen molar-refractivity contribution >= 4 is 40.1 Å². The third kappa shape index (κ3) is 3.82. The van der Waals surface area contributed by atoms with E-state index in [-0.39, 0.29) is 5.91 Å². The lowest BCUT2D eigenvalue weighted by Crippen LogP contribution is -2.29. The number of halogens is 2. The number of nitrogens with zero attached hydrogens (tertiary/aromatic N) is 1. The van der Waals surface area contributed by atoms with E-state index in [0.29, 0.717) is 26.9 Å². The largest absolute Gasteiger partial charge is 0.464 e. The van der Waals surface area contributed by atoms with E-state index < -0.39 is 6.04 Å². The first kappa shape index (κ1) is 17.6. The maximum absolute atomic E-state index is 12.9. The van der Waals surface area contributed by atoms with Crippen LogP contribution in [0.3, 0.4) is 0 Å². The highest BCUT2D eigenvalue weighted by Crippen LogP contribution is 2.24. The minimum absolute atomic E-state index is 0.231. The lowest BCUT2D eigenvalue weighted by atomic mass is 10.0. The van der Waals surface area contributed by atoms with Gasteiger partial charge < -0.3 is 9.73 Å². The maximum Gasteiger partial charge on any atom is 0.252 e. The number of aromatic nitrogens is 1. The molecule has 0 spiro atoms. The summed E-state index contributed by atoms with van der Waals surface area (Å²) in [6.07, 6.45) is 3.15. The average Bonchev–Trinajstić information content (AvgIpc) is 3.15. The molecule has 2 aromatic carbocycles. The molecule has 0 saturated heterocycles. The van der Waals surface area contributed by atoms with Gasteiger partial charge in [-0.1, -0.05) is 41.4 Å². The van der Waals surface area contributed by atoms with Gasteiger partial charge in [0.25, 0.3) is 5.91 Å².